The lowest BCUT2D eigenvalue weighted by molar-refractivity contribution is 0.201. The Balaban J connectivity index is 0.00000162. The first-order valence-corrected chi connectivity index (χ1v) is 6.26. The van der Waals surface area contributed by atoms with Gasteiger partial charge in [0.25, 0.3) is 0 Å². The minimum Gasteiger partial charge on any atom is -0.474 e. The van der Waals surface area contributed by atoms with Crippen molar-refractivity contribution in [3.63, 3.8) is 0 Å². The number of rotatable bonds is 5. The molecule has 102 valence electrons. The molecule has 2 rings (SSSR count). The van der Waals surface area contributed by atoms with Gasteiger partial charge in [-0.15, -0.1) is 12.4 Å². The quantitative estimate of drug-likeness (QED) is 0.856. The molecular weight excluding hydrogens is 252 g/mol. The van der Waals surface area contributed by atoms with Crippen LogP contribution in [0.4, 0.5) is 0 Å². The van der Waals surface area contributed by atoms with Crippen LogP contribution in [0, 0.1) is 0 Å². The molecule has 1 aliphatic carbocycles. The van der Waals surface area contributed by atoms with Gasteiger partial charge in [-0.1, -0.05) is 6.07 Å². The molecule has 1 heterocycles. The number of aromatic nitrogens is 1. The predicted molar refractivity (Wildman–Crippen MR) is 73.1 cm³/mol. The number of ether oxygens (including phenoxy) is 1. The van der Waals surface area contributed by atoms with Gasteiger partial charge in [0.05, 0.1) is 6.61 Å². The number of halogens is 1. The van der Waals surface area contributed by atoms with Crippen LogP contribution in [0.1, 0.15) is 31.2 Å². The van der Waals surface area contributed by atoms with Crippen LogP contribution in [0.25, 0.3) is 0 Å². The summed E-state index contributed by atoms with van der Waals surface area (Å²) in [7, 11) is 0. The van der Waals surface area contributed by atoms with Crippen LogP contribution in [0.2, 0.25) is 0 Å². The standard InChI is InChI=1S/C13H20N2O2.ClH/c14-11(9-16)7-10-5-6-13(15-8-10)17-12-3-1-2-4-12;/h5-6,8,11-12,16H,1-4,7,9,14H2;1H. The molecule has 1 aromatic rings. The Kier molecular flexibility index (Phi) is 6.39. The summed E-state index contributed by atoms with van der Waals surface area (Å²) in [6.07, 6.45) is 7.56. The molecule has 0 aromatic carbocycles. The number of pyridine rings is 1. The minimum absolute atomic E-state index is 0. The van der Waals surface area contributed by atoms with Gasteiger partial charge in [-0.05, 0) is 37.7 Å². The van der Waals surface area contributed by atoms with E-state index in [2.05, 4.69) is 4.98 Å². The minimum atomic E-state index is -0.210. The summed E-state index contributed by atoms with van der Waals surface area (Å²) in [6, 6.07) is 3.64. The normalized spacial score (nSPS) is 17.2. The highest BCUT2D eigenvalue weighted by Gasteiger charge is 2.16. The van der Waals surface area contributed by atoms with Crippen molar-refractivity contribution in [3.05, 3.63) is 23.9 Å². The Morgan fingerprint density at radius 2 is 2.11 bits per heavy atom. The van der Waals surface area contributed by atoms with E-state index >= 15 is 0 Å². The summed E-state index contributed by atoms with van der Waals surface area (Å²) in [5.41, 5.74) is 6.70. The number of hydrogen-bond donors (Lipinski definition) is 2. The van der Waals surface area contributed by atoms with Gasteiger partial charge >= 0.3 is 0 Å². The number of nitrogens with zero attached hydrogens (tertiary/aromatic N) is 1. The van der Waals surface area contributed by atoms with Crippen LogP contribution in [0.3, 0.4) is 0 Å². The third-order valence-corrected chi connectivity index (χ3v) is 3.12. The maximum absolute atomic E-state index is 8.87. The van der Waals surface area contributed by atoms with E-state index in [4.69, 9.17) is 15.6 Å². The van der Waals surface area contributed by atoms with E-state index < -0.39 is 0 Å². The second-order valence-corrected chi connectivity index (χ2v) is 4.68. The molecule has 1 unspecified atom stereocenters. The molecule has 1 saturated carbocycles. The Morgan fingerprint density at radius 1 is 1.39 bits per heavy atom. The molecule has 4 nitrogen and oxygen atoms in total. The molecule has 1 atom stereocenters. The molecule has 0 spiro atoms. The van der Waals surface area contributed by atoms with E-state index in [9.17, 15) is 0 Å². The SMILES string of the molecule is Cl.NC(CO)Cc1ccc(OC2CCCC2)nc1. The summed E-state index contributed by atoms with van der Waals surface area (Å²) in [5.74, 6) is 0.693. The second kappa shape index (κ2) is 7.56. The number of nitrogens with two attached hydrogens (primary N) is 1. The Bertz CT molecular complexity index is 339. The van der Waals surface area contributed by atoms with Crippen LogP contribution in [0.15, 0.2) is 18.3 Å². The first-order chi connectivity index (χ1) is 8.28. The third kappa shape index (κ3) is 4.44. The van der Waals surface area contributed by atoms with Crippen LogP contribution >= 0.6 is 12.4 Å². The average Bonchev–Trinajstić information content (AvgIpc) is 2.84. The second-order valence-electron chi connectivity index (χ2n) is 4.68. The lowest BCUT2D eigenvalue weighted by Crippen LogP contribution is -2.26. The molecule has 1 fully saturated rings. The van der Waals surface area contributed by atoms with Crippen molar-refractivity contribution in [2.24, 2.45) is 5.73 Å². The topological polar surface area (TPSA) is 68.4 Å². The largest absolute Gasteiger partial charge is 0.474 e. The van der Waals surface area contributed by atoms with E-state index in [1.165, 1.54) is 12.8 Å². The lowest BCUT2D eigenvalue weighted by Gasteiger charge is -2.12. The van der Waals surface area contributed by atoms with Crippen LogP contribution in [0.5, 0.6) is 5.88 Å². The molecule has 18 heavy (non-hydrogen) atoms. The number of aliphatic hydroxyl groups excluding tert-OH is 1. The first kappa shape index (κ1) is 15.2. The zero-order valence-corrected chi connectivity index (χ0v) is 11.2. The van der Waals surface area contributed by atoms with Gasteiger partial charge in [0.2, 0.25) is 5.88 Å². The van der Waals surface area contributed by atoms with E-state index in [-0.39, 0.29) is 25.1 Å². The smallest absolute Gasteiger partial charge is 0.213 e. The molecule has 1 aliphatic rings. The van der Waals surface area contributed by atoms with Gasteiger partial charge in [0, 0.05) is 18.3 Å². The summed E-state index contributed by atoms with van der Waals surface area (Å²) in [4.78, 5) is 4.27. The fraction of sp³-hybridized carbons (Fsp3) is 0.615. The van der Waals surface area contributed by atoms with E-state index in [1.807, 2.05) is 12.1 Å². The fourth-order valence-corrected chi connectivity index (χ4v) is 2.15. The highest BCUT2D eigenvalue weighted by Crippen LogP contribution is 2.22. The maximum atomic E-state index is 8.87. The predicted octanol–water partition coefficient (Wildman–Crippen LogP) is 1.69. The third-order valence-electron chi connectivity index (χ3n) is 3.12. The van der Waals surface area contributed by atoms with Gasteiger partial charge in [-0.3, -0.25) is 0 Å². The molecule has 0 amide bonds. The average molecular weight is 273 g/mol. The van der Waals surface area contributed by atoms with Crippen molar-refractivity contribution < 1.29 is 9.84 Å². The summed E-state index contributed by atoms with van der Waals surface area (Å²) >= 11 is 0. The van der Waals surface area contributed by atoms with Gasteiger partial charge in [-0.2, -0.15) is 0 Å². The Labute approximate surface area is 114 Å². The van der Waals surface area contributed by atoms with Crippen molar-refractivity contribution in [1.29, 1.82) is 0 Å². The van der Waals surface area contributed by atoms with Gasteiger partial charge in [0.15, 0.2) is 0 Å². The van der Waals surface area contributed by atoms with Crippen LogP contribution in [-0.2, 0) is 6.42 Å². The maximum Gasteiger partial charge on any atom is 0.213 e. The highest BCUT2D eigenvalue weighted by molar-refractivity contribution is 5.85. The van der Waals surface area contributed by atoms with Gasteiger partial charge in [0.1, 0.15) is 6.10 Å². The molecule has 1 aromatic heterocycles. The van der Waals surface area contributed by atoms with E-state index in [0.29, 0.717) is 18.4 Å². The molecule has 0 saturated heterocycles. The molecular formula is C13H21ClN2O2. The molecule has 0 bridgehead atoms. The zero-order chi connectivity index (χ0) is 12.1. The lowest BCUT2D eigenvalue weighted by atomic mass is 10.1. The number of aliphatic hydroxyl groups is 1. The van der Waals surface area contributed by atoms with Crippen molar-refractivity contribution in [2.45, 2.75) is 44.2 Å². The Morgan fingerprint density at radius 3 is 2.67 bits per heavy atom. The number of hydrogen-bond acceptors (Lipinski definition) is 4. The van der Waals surface area contributed by atoms with Gasteiger partial charge in [-0.25, -0.2) is 4.98 Å². The zero-order valence-electron chi connectivity index (χ0n) is 10.4. The molecule has 0 aliphatic heterocycles. The molecule has 5 heteroatoms. The van der Waals surface area contributed by atoms with E-state index in [1.54, 1.807) is 6.20 Å². The molecule has 3 N–H and O–H groups in total. The van der Waals surface area contributed by atoms with Gasteiger partial charge < -0.3 is 15.6 Å². The fourth-order valence-electron chi connectivity index (χ4n) is 2.15. The Hall–Kier alpha value is -0.840. The monoisotopic (exact) mass is 272 g/mol. The van der Waals surface area contributed by atoms with Crippen molar-refractivity contribution in [1.82, 2.24) is 4.98 Å². The summed E-state index contributed by atoms with van der Waals surface area (Å²) in [5, 5.41) is 8.87. The van der Waals surface area contributed by atoms with Crippen LogP contribution < -0.4 is 10.5 Å². The highest BCUT2D eigenvalue weighted by atomic mass is 35.5. The van der Waals surface area contributed by atoms with Crippen molar-refractivity contribution in [2.75, 3.05) is 6.61 Å². The van der Waals surface area contributed by atoms with Crippen molar-refractivity contribution >= 4 is 12.4 Å². The van der Waals surface area contributed by atoms with Crippen molar-refractivity contribution in [3.8, 4) is 5.88 Å². The first-order valence-electron chi connectivity index (χ1n) is 6.26. The summed E-state index contributed by atoms with van der Waals surface area (Å²) in [6.45, 7) is 0.000323. The van der Waals surface area contributed by atoms with E-state index in [0.717, 1.165) is 18.4 Å². The van der Waals surface area contributed by atoms with Crippen LogP contribution in [-0.4, -0.2) is 28.8 Å². The molecule has 0 radical (unpaired) electrons. The summed E-state index contributed by atoms with van der Waals surface area (Å²) < 4.78 is 5.77.